The molecule has 0 radical (unpaired) electrons. The third-order valence-electron chi connectivity index (χ3n) is 2.48. The van der Waals surface area contributed by atoms with Crippen LogP contribution in [-0.4, -0.2) is 40.0 Å². The highest BCUT2D eigenvalue weighted by Gasteiger charge is 1.95. The second-order valence-electron chi connectivity index (χ2n) is 3.98. The van der Waals surface area contributed by atoms with Crippen molar-refractivity contribution in [1.29, 1.82) is 0 Å². The third-order valence-corrected chi connectivity index (χ3v) is 2.48. The van der Waals surface area contributed by atoms with Crippen LogP contribution in [0.1, 0.15) is 13.3 Å². The van der Waals surface area contributed by atoms with Gasteiger partial charge in [0, 0.05) is 38.6 Å². The van der Waals surface area contributed by atoms with Crippen LogP contribution in [0.5, 0.6) is 5.75 Å². The summed E-state index contributed by atoms with van der Waals surface area (Å²) in [5.74, 6) is 0.913. The van der Waals surface area contributed by atoms with E-state index >= 15 is 0 Å². The number of benzene rings is 1. The SMILES string of the molecule is CCOc1cccc(NCCNCCCOC)c1. The number of hydrogen-bond acceptors (Lipinski definition) is 4. The van der Waals surface area contributed by atoms with Gasteiger partial charge in [-0.1, -0.05) is 6.07 Å². The van der Waals surface area contributed by atoms with E-state index in [9.17, 15) is 0 Å². The smallest absolute Gasteiger partial charge is 0.121 e. The van der Waals surface area contributed by atoms with Gasteiger partial charge in [-0.15, -0.1) is 0 Å². The first-order valence-corrected chi connectivity index (χ1v) is 6.53. The molecule has 0 aliphatic rings. The van der Waals surface area contributed by atoms with Gasteiger partial charge < -0.3 is 20.1 Å². The fourth-order valence-electron chi connectivity index (χ4n) is 1.62. The molecule has 18 heavy (non-hydrogen) atoms. The van der Waals surface area contributed by atoms with Crippen LogP contribution in [0.4, 0.5) is 5.69 Å². The Bertz CT molecular complexity index is 318. The predicted octanol–water partition coefficient (Wildman–Crippen LogP) is 2.12. The van der Waals surface area contributed by atoms with E-state index in [4.69, 9.17) is 9.47 Å². The minimum absolute atomic E-state index is 0.699. The Balaban J connectivity index is 2.13. The summed E-state index contributed by atoms with van der Waals surface area (Å²) >= 11 is 0. The van der Waals surface area contributed by atoms with Crippen LogP contribution < -0.4 is 15.4 Å². The molecular formula is C14H24N2O2. The molecule has 1 rings (SSSR count). The molecule has 4 nitrogen and oxygen atoms in total. The van der Waals surface area contributed by atoms with E-state index in [1.807, 2.05) is 31.2 Å². The number of hydrogen-bond donors (Lipinski definition) is 2. The van der Waals surface area contributed by atoms with E-state index in [1.54, 1.807) is 7.11 Å². The topological polar surface area (TPSA) is 42.5 Å². The summed E-state index contributed by atoms with van der Waals surface area (Å²) in [4.78, 5) is 0. The lowest BCUT2D eigenvalue weighted by molar-refractivity contribution is 0.194. The van der Waals surface area contributed by atoms with Crippen LogP contribution >= 0.6 is 0 Å². The van der Waals surface area contributed by atoms with Crippen LogP contribution in [0.15, 0.2) is 24.3 Å². The maximum absolute atomic E-state index is 5.45. The summed E-state index contributed by atoms with van der Waals surface area (Å²) in [6.07, 6.45) is 1.05. The molecule has 0 amide bonds. The minimum Gasteiger partial charge on any atom is -0.494 e. The summed E-state index contributed by atoms with van der Waals surface area (Å²) < 4.78 is 10.4. The summed E-state index contributed by atoms with van der Waals surface area (Å²) in [6, 6.07) is 8.04. The normalized spacial score (nSPS) is 10.3. The second kappa shape index (κ2) is 9.74. The third kappa shape index (κ3) is 6.47. The summed E-state index contributed by atoms with van der Waals surface area (Å²) in [5, 5.41) is 6.72. The molecule has 0 bridgehead atoms. The maximum Gasteiger partial charge on any atom is 0.121 e. The molecular weight excluding hydrogens is 228 g/mol. The van der Waals surface area contributed by atoms with Gasteiger partial charge in [0.15, 0.2) is 0 Å². The first kappa shape index (κ1) is 14.8. The van der Waals surface area contributed by atoms with Crippen molar-refractivity contribution in [1.82, 2.24) is 5.32 Å². The Hall–Kier alpha value is -1.26. The Labute approximate surface area is 110 Å². The van der Waals surface area contributed by atoms with E-state index in [0.29, 0.717) is 6.61 Å². The van der Waals surface area contributed by atoms with Gasteiger partial charge in [-0.2, -0.15) is 0 Å². The fraction of sp³-hybridized carbons (Fsp3) is 0.571. The van der Waals surface area contributed by atoms with Gasteiger partial charge in [0.25, 0.3) is 0 Å². The van der Waals surface area contributed by atoms with E-state index in [0.717, 1.165) is 44.1 Å². The number of rotatable bonds is 10. The maximum atomic E-state index is 5.45. The van der Waals surface area contributed by atoms with Crippen molar-refractivity contribution in [2.24, 2.45) is 0 Å². The van der Waals surface area contributed by atoms with Crippen molar-refractivity contribution < 1.29 is 9.47 Å². The zero-order valence-corrected chi connectivity index (χ0v) is 11.4. The van der Waals surface area contributed by atoms with Crippen molar-refractivity contribution in [2.45, 2.75) is 13.3 Å². The number of nitrogens with one attached hydrogen (secondary N) is 2. The van der Waals surface area contributed by atoms with Crippen LogP contribution in [0, 0.1) is 0 Å². The molecule has 0 saturated carbocycles. The van der Waals surface area contributed by atoms with Crippen LogP contribution in [0.25, 0.3) is 0 Å². The largest absolute Gasteiger partial charge is 0.494 e. The van der Waals surface area contributed by atoms with Gasteiger partial charge >= 0.3 is 0 Å². The average molecular weight is 252 g/mol. The quantitative estimate of drug-likeness (QED) is 0.626. The fourth-order valence-corrected chi connectivity index (χ4v) is 1.62. The zero-order chi connectivity index (χ0) is 13.1. The summed E-state index contributed by atoms with van der Waals surface area (Å²) in [6.45, 7) is 6.35. The lowest BCUT2D eigenvalue weighted by Crippen LogP contribution is -2.23. The average Bonchev–Trinajstić information content (AvgIpc) is 2.39. The minimum atomic E-state index is 0.699. The molecule has 1 aromatic rings. The first-order chi connectivity index (χ1) is 8.86. The highest BCUT2D eigenvalue weighted by atomic mass is 16.5. The van der Waals surface area contributed by atoms with E-state index in [2.05, 4.69) is 10.6 Å². The molecule has 0 unspecified atom stereocenters. The Morgan fingerprint density at radius 2 is 2.06 bits per heavy atom. The molecule has 102 valence electrons. The Kier molecular flexibility index (Phi) is 8.01. The van der Waals surface area contributed by atoms with E-state index in [1.165, 1.54) is 0 Å². The number of methoxy groups -OCH3 is 1. The van der Waals surface area contributed by atoms with Crippen molar-refractivity contribution in [3.8, 4) is 5.75 Å². The molecule has 2 N–H and O–H groups in total. The second-order valence-corrected chi connectivity index (χ2v) is 3.98. The van der Waals surface area contributed by atoms with E-state index in [-0.39, 0.29) is 0 Å². The van der Waals surface area contributed by atoms with Gasteiger partial charge in [0.05, 0.1) is 6.61 Å². The van der Waals surface area contributed by atoms with Crippen molar-refractivity contribution in [3.63, 3.8) is 0 Å². The van der Waals surface area contributed by atoms with Gasteiger partial charge in [-0.05, 0) is 32.0 Å². The number of anilines is 1. The molecule has 0 heterocycles. The van der Waals surface area contributed by atoms with Gasteiger partial charge in [0.1, 0.15) is 5.75 Å². The van der Waals surface area contributed by atoms with Crippen LogP contribution in [0.2, 0.25) is 0 Å². The van der Waals surface area contributed by atoms with Crippen LogP contribution in [0.3, 0.4) is 0 Å². The molecule has 0 fully saturated rings. The lowest BCUT2D eigenvalue weighted by atomic mass is 10.3. The zero-order valence-electron chi connectivity index (χ0n) is 11.4. The summed E-state index contributed by atoms with van der Waals surface area (Å²) in [7, 11) is 1.73. The highest BCUT2D eigenvalue weighted by molar-refractivity contribution is 5.48. The molecule has 4 heteroatoms. The first-order valence-electron chi connectivity index (χ1n) is 6.53. The van der Waals surface area contributed by atoms with Gasteiger partial charge in [-0.25, -0.2) is 0 Å². The predicted molar refractivity (Wildman–Crippen MR) is 75.5 cm³/mol. The monoisotopic (exact) mass is 252 g/mol. The Morgan fingerprint density at radius 3 is 2.83 bits per heavy atom. The molecule has 0 aliphatic carbocycles. The van der Waals surface area contributed by atoms with E-state index < -0.39 is 0 Å². The van der Waals surface area contributed by atoms with Gasteiger partial charge in [0.2, 0.25) is 0 Å². The Morgan fingerprint density at radius 1 is 1.17 bits per heavy atom. The molecule has 0 atom stereocenters. The molecule has 1 aromatic carbocycles. The summed E-state index contributed by atoms with van der Waals surface area (Å²) in [5.41, 5.74) is 1.10. The van der Waals surface area contributed by atoms with Crippen molar-refractivity contribution >= 4 is 5.69 Å². The molecule has 0 saturated heterocycles. The van der Waals surface area contributed by atoms with Crippen molar-refractivity contribution in [3.05, 3.63) is 24.3 Å². The standard InChI is InChI=1S/C14H24N2O2/c1-3-18-14-7-4-6-13(12-14)16-10-9-15-8-5-11-17-2/h4,6-7,12,15-16H,3,5,8-11H2,1-2H3. The lowest BCUT2D eigenvalue weighted by Gasteiger charge is -2.09. The van der Waals surface area contributed by atoms with Gasteiger partial charge in [-0.3, -0.25) is 0 Å². The number of ether oxygens (including phenoxy) is 2. The van der Waals surface area contributed by atoms with Crippen LogP contribution in [-0.2, 0) is 4.74 Å². The molecule has 0 aromatic heterocycles. The highest BCUT2D eigenvalue weighted by Crippen LogP contribution is 2.16. The molecule has 0 spiro atoms. The van der Waals surface area contributed by atoms with Crippen molar-refractivity contribution in [2.75, 3.05) is 45.3 Å². The molecule has 0 aliphatic heterocycles.